The van der Waals surface area contributed by atoms with Gasteiger partial charge in [-0.2, -0.15) is 0 Å². The molecule has 0 rings (SSSR count). The Bertz CT molecular complexity index is 87.0. The van der Waals surface area contributed by atoms with E-state index in [9.17, 15) is 4.79 Å². The van der Waals surface area contributed by atoms with E-state index < -0.39 is 0 Å². The zero-order valence-corrected chi connectivity index (χ0v) is 7.01. The Balaban J connectivity index is 2.97. The van der Waals surface area contributed by atoms with Crippen molar-refractivity contribution in [2.75, 3.05) is 5.88 Å². The summed E-state index contributed by atoms with van der Waals surface area (Å²) in [6.45, 7) is 0. The first-order valence-corrected chi connectivity index (χ1v) is 3.77. The largest absolute Gasteiger partial charge is 0.452 e. The monoisotopic (exact) mass is 168 g/mol. The molecular formula is C5H10ClO2P. The average Bonchev–Trinajstić information content (AvgIpc) is 1.89. The molecule has 54 valence electrons. The minimum Gasteiger partial charge on any atom is -0.452 e. The molecule has 0 radical (unpaired) electrons. The molecule has 2 nitrogen and oxygen atoms in total. The maximum Gasteiger partial charge on any atom is 0.307 e. The molecule has 0 spiro atoms. The van der Waals surface area contributed by atoms with Gasteiger partial charge < -0.3 is 4.52 Å². The first-order chi connectivity index (χ1) is 4.31. The predicted octanol–water partition coefficient (Wildman–Crippen LogP) is 1.73. The molecule has 0 bridgehead atoms. The van der Waals surface area contributed by atoms with Crippen LogP contribution in [0.4, 0.5) is 0 Å². The van der Waals surface area contributed by atoms with E-state index in [0.29, 0.717) is 12.3 Å². The van der Waals surface area contributed by atoms with Crippen molar-refractivity contribution in [2.45, 2.75) is 19.3 Å². The van der Waals surface area contributed by atoms with Crippen LogP contribution in [0.1, 0.15) is 19.3 Å². The fraction of sp³-hybridized carbons (Fsp3) is 0.800. The average molecular weight is 169 g/mol. The highest BCUT2D eigenvalue weighted by Gasteiger charge is 1.97. The van der Waals surface area contributed by atoms with Crippen molar-refractivity contribution in [3.63, 3.8) is 0 Å². The molecule has 0 aromatic heterocycles. The molecule has 0 heterocycles. The molecule has 0 saturated heterocycles. The molecule has 0 aliphatic carbocycles. The highest BCUT2D eigenvalue weighted by Crippen LogP contribution is 2.00. The van der Waals surface area contributed by atoms with Gasteiger partial charge in [0, 0.05) is 12.3 Å². The molecular weight excluding hydrogens is 158 g/mol. The number of unbranched alkanes of at least 4 members (excludes halogenated alkanes) is 1. The number of hydrogen-bond donors (Lipinski definition) is 0. The molecule has 0 aliphatic rings. The van der Waals surface area contributed by atoms with Crippen molar-refractivity contribution < 1.29 is 9.32 Å². The summed E-state index contributed by atoms with van der Waals surface area (Å²) < 4.78 is 4.33. The Morgan fingerprint density at radius 2 is 2.22 bits per heavy atom. The number of carbonyl (C=O) groups excluding carboxylic acids is 1. The Morgan fingerprint density at radius 3 is 2.67 bits per heavy atom. The van der Waals surface area contributed by atoms with E-state index in [-0.39, 0.29) is 5.97 Å². The molecule has 0 N–H and O–H groups in total. The van der Waals surface area contributed by atoms with Gasteiger partial charge in [-0.15, -0.1) is 11.6 Å². The lowest BCUT2D eigenvalue weighted by Crippen LogP contribution is -1.95. The normalized spacial score (nSPS) is 9.11. The van der Waals surface area contributed by atoms with Gasteiger partial charge in [0.05, 0.1) is 9.47 Å². The molecule has 0 aromatic carbocycles. The number of halogens is 1. The van der Waals surface area contributed by atoms with Crippen LogP contribution < -0.4 is 0 Å². The molecule has 9 heavy (non-hydrogen) atoms. The first-order valence-electron chi connectivity index (χ1n) is 2.76. The zero-order chi connectivity index (χ0) is 7.11. The van der Waals surface area contributed by atoms with Gasteiger partial charge in [-0.1, -0.05) is 0 Å². The lowest BCUT2D eigenvalue weighted by Gasteiger charge is -1.94. The van der Waals surface area contributed by atoms with Crippen LogP contribution in [0.3, 0.4) is 0 Å². The first kappa shape index (κ1) is 9.19. The van der Waals surface area contributed by atoms with E-state index in [1.807, 2.05) is 9.47 Å². The summed E-state index contributed by atoms with van der Waals surface area (Å²) in [7, 11) is 1.92. The van der Waals surface area contributed by atoms with Crippen LogP contribution in [-0.2, 0) is 9.32 Å². The predicted molar refractivity (Wildman–Crippen MR) is 40.4 cm³/mol. The summed E-state index contributed by atoms with van der Waals surface area (Å²) in [5.74, 6) is 0.426. The summed E-state index contributed by atoms with van der Waals surface area (Å²) in [4.78, 5) is 10.4. The Hall–Kier alpha value is 0.190. The van der Waals surface area contributed by atoms with E-state index >= 15 is 0 Å². The SMILES string of the molecule is O=C(CCCCCl)OP. The quantitative estimate of drug-likeness (QED) is 0.363. The van der Waals surface area contributed by atoms with Gasteiger partial charge in [0.25, 0.3) is 0 Å². The molecule has 1 unspecified atom stereocenters. The van der Waals surface area contributed by atoms with Crippen LogP contribution >= 0.6 is 21.1 Å². The van der Waals surface area contributed by atoms with Gasteiger partial charge >= 0.3 is 5.97 Å². The third-order valence-corrected chi connectivity index (χ3v) is 1.43. The Labute approximate surface area is 62.2 Å². The van der Waals surface area contributed by atoms with Crippen molar-refractivity contribution >= 4 is 27.0 Å². The second-order valence-electron chi connectivity index (χ2n) is 1.64. The van der Waals surface area contributed by atoms with Crippen LogP contribution in [0.5, 0.6) is 0 Å². The fourth-order valence-corrected chi connectivity index (χ4v) is 0.730. The topological polar surface area (TPSA) is 26.3 Å². The van der Waals surface area contributed by atoms with E-state index in [1.54, 1.807) is 0 Å². The smallest absolute Gasteiger partial charge is 0.307 e. The number of rotatable bonds is 4. The van der Waals surface area contributed by atoms with Crippen LogP contribution in [0.15, 0.2) is 0 Å². The maximum atomic E-state index is 10.4. The Kier molecular flexibility index (Phi) is 6.45. The van der Waals surface area contributed by atoms with Crippen molar-refractivity contribution in [3.05, 3.63) is 0 Å². The molecule has 0 aliphatic heterocycles. The van der Waals surface area contributed by atoms with Crippen molar-refractivity contribution in [1.29, 1.82) is 0 Å². The summed E-state index contributed by atoms with van der Waals surface area (Å²) >= 11 is 5.37. The molecule has 1 atom stereocenters. The summed E-state index contributed by atoms with van der Waals surface area (Å²) in [5.41, 5.74) is 0. The molecule has 4 heteroatoms. The molecule has 0 saturated carbocycles. The minimum absolute atomic E-state index is 0.190. The van der Waals surface area contributed by atoms with Gasteiger partial charge in [-0.25, -0.2) is 0 Å². The Morgan fingerprint density at radius 1 is 1.56 bits per heavy atom. The lowest BCUT2D eigenvalue weighted by atomic mass is 10.3. The standard InChI is InChI=1S/C5H10ClO2P/c6-4-2-1-3-5(7)8-9/h1-4,9H2. The van der Waals surface area contributed by atoms with E-state index in [1.165, 1.54) is 0 Å². The summed E-state index contributed by atoms with van der Waals surface area (Å²) in [6, 6.07) is 0. The van der Waals surface area contributed by atoms with Gasteiger partial charge in [-0.05, 0) is 12.8 Å². The van der Waals surface area contributed by atoms with Crippen LogP contribution in [0.25, 0.3) is 0 Å². The third-order valence-electron chi connectivity index (χ3n) is 0.896. The van der Waals surface area contributed by atoms with Crippen LogP contribution in [0.2, 0.25) is 0 Å². The fourth-order valence-electron chi connectivity index (χ4n) is 0.423. The van der Waals surface area contributed by atoms with Gasteiger partial charge in [0.15, 0.2) is 0 Å². The molecule has 0 amide bonds. The van der Waals surface area contributed by atoms with Crippen LogP contribution in [0, 0.1) is 0 Å². The van der Waals surface area contributed by atoms with Crippen molar-refractivity contribution in [1.82, 2.24) is 0 Å². The van der Waals surface area contributed by atoms with Crippen LogP contribution in [-0.4, -0.2) is 11.8 Å². The highest BCUT2D eigenvalue weighted by molar-refractivity contribution is 7.10. The molecule has 0 aromatic rings. The van der Waals surface area contributed by atoms with Crippen molar-refractivity contribution in [2.24, 2.45) is 0 Å². The minimum atomic E-state index is -0.190. The lowest BCUT2D eigenvalue weighted by molar-refractivity contribution is -0.133. The highest BCUT2D eigenvalue weighted by atomic mass is 35.5. The van der Waals surface area contributed by atoms with Gasteiger partial charge in [0.2, 0.25) is 0 Å². The van der Waals surface area contributed by atoms with Crippen molar-refractivity contribution in [3.8, 4) is 0 Å². The van der Waals surface area contributed by atoms with Gasteiger partial charge in [-0.3, -0.25) is 4.79 Å². The van der Waals surface area contributed by atoms with E-state index in [2.05, 4.69) is 4.52 Å². The summed E-state index contributed by atoms with van der Waals surface area (Å²) in [6.07, 6.45) is 2.16. The van der Waals surface area contributed by atoms with Gasteiger partial charge in [0.1, 0.15) is 0 Å². The zero-order valence-electron chi connectivity index (χ0n) is 5.10. The number of hydrogen-bond acceptors (Lipinski definition) is 2. The third kappa shape index (κ3) is 6.07. The number of carbonyl (C=O) groups is 1. The molecule has 0 fully saturated rings. The second-order valence-corrected chi connectivity index (χ2v) is 2.25. The van der Waals surface area contributed by atoms with E-state index in [4.69, 9.17) is 11.6 Å². The summed E-state index contributed by atoms with van der Waals surface area (Å²) in [5, 5.41) is 0. The maximum absolute atomic E-state index is 10.4. The van der Waals surface area contributed by atoms with E-state index in [0.717, 1.165) is 12.8 Å². The number of alkyl halides is 1. The second kappa shape index (κ2) is 6.31.